The van der Waals surface area contributed by atoms with Gasteiger partial charge in [-0.05, 0) is 26.7 Å². The average molecular weight is 294 g/mol. The molecule has 2 atom stereocenters. The van der Waals surface area contributed by atoms with Gasteiger partial charge in [0, 0.05) is 51.5 Å². The summed E-state index contributed by atoms with van der Waals surface area (Å²) in [6, 6.07) is 0.0803. The highest BCUT2D eigenvalue weighted by molar-refractivity contribution is 5.74. The van der Waals surface area contributed by atoms with Crippen molar-refractivity contribution < 1.29 is 9.90 Å². The summed E-state index contributed by atoms with van der Waals surface area (Å²) in [6.45, 7) is 6.80. The molecule has 0 saturated carbocycles. The second kappa shape index (κ2) is 6.93. The number of urea groups is 1. The van der Waals surface area contributed by atoms with Gasteiger partial charge in [-0.1, -0.05) is 0 Å². The lowest BCUT2D eigenvalue weighted by Gasteiger charge is -2.37. The number of rotatable bonds is 4. The van der Waals surface area contributed by atoms with Gasteiger partial charge in [0.05, 0.1) is 0 Å². The number of aryl methyl sites for hydroxylation is 1. The van der Waals surface area contributed by atoms with E-state index in [9.17, 15) is 9.90 Å². The number of carbonyl (C=O) groups is 1. The summed E-state index contributed by atoms with van der Waals surface area (Å²) in [5.41, 5.74) is 0. The maximum absolute atomic E-state index is 12.4. The number of hydrogen-bond donors (Lipinski definition) is 1. The van der Waals surface area contributed by atoms with Crippen molar-refractivity contribution in [2.24, 2.45) is 13.0 Å². The highest BCUT2D eigenvalue weighted by atomic mass is 16.3. The molecule has 1 N–H and O–H groups in total. The molecular weight excluding hydrogens is 268 g/mol. The number of hydrogen-bond acceptors (Lipinski definition) is 3. The summed E-state index contributed by atoms with van der Waals surface area (Å²) in [6.07, 6.45) is 4.77. The SMILES string of the molecule is CCN(CC)C(=O)N1CCCC(C(O)c2nccn2C)C1. The van der Waals surface area contributed by atoms with Crippen molar-refractivity contribution in [2.75, 3.05) is 26.2 Å². The number of piperidine rings is 1. The Labute approximate surface area is 126 Å². The molecule has 1 aromatic rings. The molecule has 1 aromatic heterocycles. The van der Waals surface area contributed by atoms with Crippen molar-refractivity contribution in [3.63, 3.8) is 0 Å². The van der Waals surface area contributed by atoms with Crippen molar-refractivity contribution in [2.45, 2.75) is 32.8 Å². The minimum absolute atomic E-state index is 0.0550. The number of aliphatic hydroxyl groups excluding tert-OH is 1. The molecule has 21 heavy (non-hydrogen) atoms. The number of amides is 2. The van der Waals surface area contributed by atoms with E-state index in [0.29, 0.717) is 12.4 Å². The van der Waals surface area contributed by atoms with Crippen molar-refractivity contribution in [3.05, 3.63) is 18.2 Å². The number of imidazole rings is 1. The molecule has 6 nitrogen and oxygen atoms in total. The first kappa shape index (κ1) is 15.8. The van der Waals surface area contributed by atoms with Gasteiger partial charge in [0.15, 0.2) is 0 Å². The van der Waals surface area contributed by atoms with Crippen molar-refractivity contribution in [3.8, 4) is 0 Å². The van der Waals surface area contributed by atoms with Gasteiger partial charge in [-0.2, -0.15) is 0 Å². The highest BCUT2D eigenvalue weighted by Crippen LogP contribution is 2.29. The molecule has 2 amide bonds. The smallest absolute Gasteiger partial charge is 0.319 e. The van der Waals surface area contributed by atoms with Crippen LogP contribution >= 0.6 is 0 Å². The third-order valence-corrected chi connectivity index (χ3v) is 4.33. The molecule has 6 heteroatoms. The van der Waals surface area contributed by atoms with Gasteiger partial charge in [-0.3, -0.25) is 0 Å². The lowest BCUT2D eigenvalue weighted by atomic mass is 9.92. The van der Waals surface area contributed by atoms with Crippen LogP contribution in [0.3, 0.4) is 0 Å². The molecule has 0 bridgehead atoms. The maximum atomic E-state index is 12.4. The number of nitrogens with zero attached hydrogens (tertiary/aromatic N) is 4. The van der Waals surface area contributed by atoms with E-state index in [0.717, 1.165) is 32.5 Å². The van der Waals surface area contributed by atoms with Gasteiger partial charge in [0.1, 0.15) is 11.9 Å². The van der Waals surface area contributed by atoms with E-state index in [2.05, 4.69) is 4.98 Å². The van der Waals surface area contributed by atoms with Crippen LogP contribution in [0.15, 0.2) is 12.4 Å². The highest BCUT2D eigenvalue weighted by Gasteiger charge is 2.32. The maximum Gasteiger partial charge on any atom is 0.319 e. The van der Waals surface area contributed by atoms with E-state index in [1.807, 2.05) is 41.5 Å². The topological polar surface area (TPSA) is 61.6 Å². The summed E-state index contributed by atoms with van der Waals surface area (Å²) in [7, 11) is 1.88. The Morgan fingerprint density at radius 1 is 1.52 bits per heavy atom. The van der Waals surface area contributed by atoms with Gasteiger partial charge in [-0.25, -0.2) is 9.78 Å². The first-order valence-corrected chi connectivity index (χ1v) is 7.77. The van der Waals surface area contributed by atoms with E-state index < -0.39 is 6.10 Å². The van der Waals surface area contributed by atoms with Crippen LogP contribution in [0, 0.1) is 5.92 Å². The second-order valence-corrected chi connectivity index (χ2v) is 5.64. The normalized spacial score (nSPS) is 20.4. The molecule has 1 saturated heterocycles. The van der Waals surface area contributed by atoms with E-state index in [4.69, 9.17) is 0 Å². The Bertz CT molecular complexity index is 470. The molecule has 0 radical (unpaired) electrons. The Kier molecular flexibility index (Phi) is 5.22. The average Bonchev–Trinajstić information content (AvgIpc) is 2.94. The lowest BCUT2D eigenvalue weighted by Crippen LogP contribution is -2.48. The summed E-state index contributed by atoms with van der Waals surface area (Å²) in [5, 5.41) is 10.5. The fourth-order valence-corrected chi connectivity index (χ4v) is 3.01. The minimum atomic E-state index is -0.614. The van der Waals surface area contributed by atoms with Crippen molar-refractivity contribution >= 4 is 6.03 Å². The number of likely N-dealkylation sites (tertiary alicyclic amines) is 1. The van der Waals surface area contributed by atoms with Crippen LogP contribution in [0.2, 0.25) is 0 Å². The second-order valence-electron chi connectivity index (χ2n) is 5.64. The number of aliphatic hydroxyl groups is 1. The molecule has 118 valence electrons. The predicted octanol–water partition coefficient (Wildman–Crippen LogP) is 1.63. The molecule has 0 spiro atoms. The Morgan fingerprint density at radius 2 is 2.24 bits per heavy atom. The van der Waals surface area contributed by atoms with Gasteiger partial charge in [-0.15, -0.1) is 0 Å². The van der Waals surface area contributed by atoms with E-state index >= 15 is 0 Å². The molecular formula is C15H26N4O2. The lowest BCUT2D eigenvalue weighted by molar-refractivity contribution is 0.0472. The molecule has 2 rings (SSSR count). The Morgan fingerprint density at radius 3 is 2.81 bits per heavy atom. The summed E-state index contributed by atoms with van der Waals surface area (Å²) >= 11 is 0. The van der Waals surface area contributed by atoms with Gasteiger partial charge in [0.2, 0.25) is 0 Å². The molecule has 0 aliphatic carbocycles. The summed E-state index contributed by atoms with van der Waals surface area (Å²) in [5.74, 6) is 0.733. The van der Waals surface area contributed by atoms with E-state index in [1.165, 1.54) is 0 Å². The van der Waals surface area contributed by atoms with Crippen LogP contribution in [-0.4, -0.2) is 56.7 Å². The van der Waals surface area contributed by atoms with Gasteiger partial charge < -0.3 is 19.5 Å². The molecule has 1 aliphatic heterocycles. The predicted molar refractivity (Wildman–Crippen MR) is 80.8 cm³/mol. The van der Waals surface area contributed by atoms with Crippen LogP contribution in [0.4, 0.5) is 4.79 Å². The Hall–Kier alpha value is -1.56. The molecule has 0 aromatic carbocycles. The monoisotopic (exact) mass is 294 g/mol. The largest absolute Gasteiger partial charge is 0.385 e. The minimum Gasteiger partial charge on any atom is -0.385 e. The fourth-order valence-electron chi connectivity index (χ4n) is 3.01. The molecule has 1 fully saturated rings. The zero-order chi connectivity index (χ0) is 15.4. The zero-order valence-electron chi connectivity index (χ0n) is 13.2. The third-order valence-electron chi connectivity index (χ3n) is 4.33. The standard InChI is InChI=1S/C15H26N4O2/c1-4-18(5-2)15(21)19-9-6-7-12(11-19)13(20)14-16-8-10-17(14)3/h8,10,12-13,20H,4-7,9,11H2,1-3H3. The summed E-state index contributed by atoms with van der Waals surface area (Å²) in [4.78, 5) is 20.4. The first-order chi connectivity index (χ1) is 10.1. The van der Waals surface area contributed by atoms with Crippen LogP contribution in [-0.2, 0) is 7.05 Å². The van der Waals surface area contributed by atoms with Gasteiger partial charge in [0.25, 0.3) is 0 Å². The molecule has 2 unspecified atom stereocenters. The van der Waals surface area contributed by atoms with E-state index in [1.54, 1.807) is 6.20 Å². The zero-order valence-corrected chi connectivity index (χ0v) is 13.2. The van der Waals surface area contributed by atoms with Crippen LogP contribution in [0.25, 0.3) is 0 Å². The number of aromatic nitrogens is 2. The van der Waals surface area contributed by atoms with Crippen LogP contribution in [0.1, 0.15) is 38.6 Å². The van der Waals surface area contributed by atoms with Crippen molar-refractivity contribution in [1.82, 2.24) is 19.4 Å². The first-order valence-electron chi connectivity index (χ1n) is 7.77. The van der Waals surface area contributed by atoms with Crippen molar-refractivity contribution in [1.29, 1.82) is 0 Å². The van der Waals surface area contributed by atoms with Gasteiger partial charge >= 0.3 is 6.03 Å². The van der Waals surface area contributed by atoms with Crippen LogP contribution < -0.4 is 0 Å². The summed E-state index contributed by atoms with van der Waals surface area (Å²) < 4.78 is 1.84. The van der Waals surface area contributed by atoms with E-state index in [-0.39, 0.29) is 11.9 Å². The molecule has 1 aliphatic rings. The van der Waals surface area contributed by atoms with Crippen LogP contribution in [0.5, 0.6) is 0 Å². The fraction of sp³-hybridized carbons (Fsp3) is 0.733. The number of carbonyl (C=O) groups excluding carboxylic acids is 1. The third kappa shape index (κ3) is 3.37. The Balaban J connectivity index is 2.04. The quantitative estimate of drug-likeness (QED) is 0.918. The molecule has 2 heterocycles.